The molecule has 6 nitrogen and oxygen atoms in total. The number of methoxy groups -OCH3 is 1. The van der Waals surface area contributed by atoms with E-state index in [4.69, 9.17) is 4.74 Å². The molecule has 1 atom stereocenters. The van der Waals surface area contributed by atoms with Gasteiger partial charge in [-0.05, 0) is 36.6 Å². The first kappa shape index (κ1) is 24.3. The van der Waals surface area contributed by atoms with Crippen LogP contribution >= 0.6 is 22.7 Å². The Kier molecular flexibility index (Phi) is 6.17. The molecule has 2 aromatic carbocycles. The Morgan fingerprint density at radius 1 is 1.13 bits per heavy atom. The number of benzene rings is 2. The topological polar surface area (TPSA) is 65.6 Å². The van der Waals surface area contributed by atoms with E-state index in [1.54, 1.807) is 23.6 Å². The average Bonchev–Trinajstić information content (AvgIpc) is 3.64. The van der Waals surface area contributed by atoms with Gasteiger partial charge in [0.1, 0.15) is 11.9 Å². The molecule has 190 valence electrons. The maximum Gasteiger partial charge on any atom is 0.338 e. The monoisotopic (exact) mass is 543 g/mol. The highest BCUT2D eigenvalue weighted by atomic mass is 32.1. The molecule has 0 aliphatic carbocycles. The molecule has 5 aromatic rings. The zero-order valence-electron chi connectivity index (χ0n) is 20.6. The summed E-state index contributed by atoms with van der Waals surface area (Å²) in [5.41, 5.74) is 3.03. The van der Waals surface area contributed by atoms with Gasteiger partial charge >= 0.3 is 5.97 Å². The van der Waals surface area contributed by atoms with Crippen LogP contribution in [0.25, 0.3) is 17.0 Å². The average molecular weight is 544 g/mol. The van der Waals surface area contributed by atoms with Crippen LogP contribution in [-0.2, 0) is 16.1 Å². The van der Waals surface area contributed by atoms with Crippen LogP contribution in [-0.4, -0.2) is 22.2 Å². The Morgan fingerprint density at radius 2 is 1.92 bits per heavy atom. The molecule has 0 bridgehead atoms. The first-order chi connectivity index (χ1) is 18.5. The predicted octanol–water partition coefficient (Wildman–Crippen LogP) is 4.61. The molecular weight excluding hydrogens is 521 g/mol. The third-order valence-electron chi connectivity index (χ3n) is 6.64. The number of thiazole rings is 1. The van der Waals surface area contributed by atoms with Crippen molar-refractivity contribution in [2.45, 2.75) is 19.5 Å². The summed E-state index contributed by atoms with van der Waals surface area (Å²) >= 11 is 2.76. The second-order valence-corrected chi connectivity index (χ2v) is 10.9. The highest BCUT2D eigenvalue weighted by Crippen LogP contribution is 2.33. The molecule has 0 saturated carbocycles. The SMILES string of the molecule is COC(=O)C1=C(C)N=c2sc(=Cc3cn(Cc4ccccc4F)c4ccccc34)c(=O)n2C1c1cccs1. The Hall–Kier alpha value is -4.08. The third kappa shape index (κ3) is 4.04. The Bertz CT molecular complexity index is 1910. The predicted molar refractivity (Wildman–Crippen MR) is 148 cm³/mol. The number of para-hydroxylation sites is 1. The molecule has 6 rings (SSSR count). The molecule has 1 aliphatic heterocycles. The Balaban J connectivity index is 1.52. The van der Waals surface area contributed by atoms with Crippen molar-refractivity contribution in [1.29, 1.82) is 0 Å². The van der Waals surface area contributed by atoms with Gasteiger partial charge in [0.2, 0.25) is 0 Å². The molecule has 0 radical (unpaired) electrons. The van der Waals surface area contributed by atoms with E-state index in [0.29, 0.717) is 32.7 Å². The maximum atomic E-state index is 14.4. The number of hydrogen-bond donors (Lipinski definition) is 0. The zero-order valence-corrected chi connectivity index (χ0v) is 22.2. The van der Waals surface area contributed by atoms with E-state index in [2.05, 4.69) is 4.99 Å². The van der Waals surface area contributed by atoms with Crippen LogP contribution in [0, 0.1) is 5.82 Å². The van der Waals surface area contributed by atoms with Crippen LogP contribution < -0.4 is 14.9 Å². The number of ether oxygens (including phenoxy) is 1. The lowest BCUT2D eigenvalue weighted by molar-refractivity contribution is -0.136. The lowest BCUT2D eigenvalue weighted by Gasteiger charge is -2.22. The summed E-state index contributed by atoms with van der Waals surface area (Å²) in [6.45, 7) is 2.13. The van der Waals surface area contributed by atoms with Gasteiger partial charge in [-0.1, -0.05) is 53.8 Å². The minimum atomic E-state index is -0.608. The van der Waals surface area contributed by atoms with E-state index in [1.165, 1.54) is 35.8 Å². The van der Waals surface area contributed by atoms with Crippen LogP contribution in [0.2, 0.25) is 0 Å². The number of halogens is 1. The number of rotatable bonds is 5. The second-order valence-electron chi connectivity index (χ2n) is 8.91. The summed E-state index contributed by atoms with van der Waals surface area (Å²) < 4.78 is 23.5. The van der Waals surface area contributed by atoms with Gasteiger partial charge in [-0.15, -0.1) is 11.3 Å². The Morgan fingerprint density at radius 3 is 2.68 bits per heavy atom. The van der Waals surface area contributed by atoms with E-state index in [9.17, 15) is 14.0 Å². The van der Waals surface area contributed by atoms with Crippen LogP contribution in [0.15, 0.2) is 93.3 Å². The molecule has 38 heavy (non-hydrogen) atoms. The van der Waals surface area contributed by atoms with Gasteiger partial charge in [-0.2, -0.15) is 0 Å². The van der Waals surface area contributed by atoms with Crippen molar-refractivity contribution < 1.29 is 13.9 Å². The van der Waals surface area contributed by atoms with Crippen molar-refractivity contribution in [2.24, 2.45) is 4.99 Å². The summed E-state index contributed by atoms with van der Waals surface area (Å²) in [5.74, 6) is -0.763. The molecule has 0 amide bonds. The number of hydrogen-bond acceptors (Lipinski definition) is 6. The first-order valence-electron chi connectivity index (χ1n) is 11.9. The number of carbonyl (C=O) groups excluding carboxylic acids is 1. The van der Waals surface area contributed by atoms with Crippen molar-refractivity contribution in [3.05, 3.63) is 125 Å². The maximum absolute atomic E-state index is 14.4. The summed E-state index contributed by atoms with van der Waals surface area (Å²) in [7, 11) is 1.33. The van der Waals surface area contributed by atoms with E-state index in [-0.39, 0.29) is 11.4 Å². The van der Waals surface area contributed by atoms with E-state index >= 15 is 0 Å². The number of thiophene rings is 1. The second kappa shape index (κ2) is 9.66. The quantitative estimate of drug-likeness (QED) is 0.304. The van der Waals surface area contributed by atoms with Gasteiger partial charge in [-0.3, -0.25) is 9.36 Å². The molecule has 0 fully saturated rings. The smallest absolute Gasteiger partial charge is 0.338 e. The standard InChI is InChI=1S/C29H22FN3O3S2/c1-17-25(28(35)36-2)26(23-12-7-13-37-23)33-27(34)24(38-29(33)31-17)14-19-16-32(22-11-6-4-9-20(19)22)15-18-8-3-5-10-21(18)30/h3-14,16,26H,15H2,1-2H3. The molecule has 4 heterocycles. The molecule has 0 spiro atoms. The van der Waals surface area contributed by atoms with Crippen molar-refractivity contribution in [1.82, 2.24) is 9.13 Å². The fourth-order valence-corrected chi connectivity index (χ4v) is 6.74. The first-order valence-corrected chi connectivity index (χ1v) is 13.6. The molecule has 0 N–H and O–H groups in total. The van der Waals surface area contributed by atoms with Gasteiger partial charge in [0.15, 0.2) is 4.80 Å². The largest absolute Gasteiger partial charge is 0.466 e. The van der Waals surface area contributed by atoms with Gasteiger partial charge < -0.3 is 9.30 Å². The van der Waals surface area contributed by atoms with Crippen molar-refractivity contribution in [3.63, 3.8) is 0 Å². The number of aromatic nitrogens is 2. The lowest BCUT2D eigenvalue weighted by Crippen LogP contribution is -2.39. The van der Waals surface area contributed by atoms with Crippen molar-refractivity contribution in [2.75, 3.05) is 7.11 Å². The number of esters is 1. The van der Waals surface area contributed by atoms with Crippen LogP contribution in [0.5, 0.6) is 0 Å². The number of carbonyl (C=O) groups is 1. The van der Waals surface area contributed by atoms with Gasteiger partial charge in [0, 0.05) is 33.1 Å². The van der Waals surface area contributed by atoms with Crippen LogP contribution in [0.3, 0.4) is 0 Å². The molecule has 9 heteroatoms. The van der Waals surface area contributed by atoms with Gasteiger partial charge in [-0.25, -0.2) is 14.2 Å². The highest BCUT2D eigenvalue weighted by Gasteiger charge is 2.33. The minimum Gasteiger partial charge on any atom is -0.466 e. The molecular formula is C29H22FN3O3S2. The highest BCUT2D eigenvalue weighted by molar-refractivity contribution is 7.10. The normalized spacial score (nSPS) is 15.6. The number of fused-ring (bicyclic) bond motifs is 2. The van der Waals surface area contributed by atoms with Crippen molar-refractivity contribution in [3.8, 4) is 0 Å². The summed E-state index contributed by atoms with van der Waals surface area (Å²) in [5, 5.41) is 2.87. The molecule has 0 saturated heterocycles. The number of allylic oxidation sites excluding steroid dienone is 1. The summed E-state index contributed by atoms with van der Waals surface area (Å²) in [4.78, 5) is 32.6. The summed E-state index contributed by atoms with van der Waals surface area (Å²) in [6, 6.07) is 17.8. The van der Waals surface area contributed by atoms with Crippen molar-refractivity contribution >= 4 is 45.6 Å². The fraction of sp³-hybridized carbons (Fsp3) is 0.138. The molecule has 1 unspecified atom stereocenters. The zero-order chi connectivity index (χ0) is 26.4. The Labute approximate surface area is 224 Å². The minimum absolute atomic E-state index is 0.230. The van der Waals surface area contributed by atoms with E-state index in [1.807, 2.05) is 64.7 Å². The van der Waals surface area contributed by atoms with Crippen LogP contribution in [0.4, 0.5) is 4.39 Å². The van der Waals surface area contributed by atoms with Crippen LogP contribution in [0.1, 0.15) is 29.0 Å². The van der Waals surface area contributed by atoms with E-state index in [0.717, 1.165) is 21.3 Å². The lowest BCUT2D eigenvalue weighted by atomic mass is 10.0. The fourth-order valence-electron chi connectivity index (χ4n) is 4.88. The van der Waals surface area contributed by atoms with E-state index < -0.39 is 12.0 Å². The van der Waals surface area contributed by atoms with Gasteiger partial charge in [0.25, 0.3) is 5.56 Å². The van der Waals surface area contributed by atoms with Gasteiger partial charge in [0.05, 0.1) is 29.5 Å². The summed E-state index contributed by atoms with van der Waals surface area (Å²) in [6.07, 6.45) is 3.80. The molecule has 3 aromatic heterocycles. The molecule has 1 aliphatic rings. The number of nitrogens with zero attached hydrogens (tertiary/aromatic N) is 3. The third-order valence-corrected chi connectivity index (χ3v) is 8.55.